The van der Waals surface area contributed by atoms with Crippen molar-refractivity contribution in [2.45, 2.75) is 20.0 Å². The molecule has 1 amide bonds. The summed E-state index contributed by atoms with van der Waals surface area (Å²) in [7, 11) is 0. The fourth-order valence-corrected chi connectivity index (χ4v) is 3.17. The predicted octanol–water partition coefficient (Wildman–Crippen LogP) is 3.16. The van der Waals surface area contributed by atoms with Gasteiger partial charge in [-0.3, -0.25) is 4.79 Å². The van der Waals surface area contributed by atoms with E-state index in [-0.39, 0.29) is 5.91 Å². The minimum absolute atomic E-state index is 0.00928. The molecule has 1 fully saturated rings. The van der Waals surface area contributed by atoms with Crippen molar-refractivity contribution in [3.63, 3.8) is 0 Å². The number of pyridine rings is 1. The summed E-state index contributed by atoms with van der Waals surface area (Å²) in [5.74, 6) is 1.66. The van der Waals surface area contributed by atoms with Crippen LogP contribution < -0.4 is 9.64 Å². The molecule has 3 rings (SSSR count). The summed E-state index contributed by atoms with van der Waals surface area (Å²) in [4.78, 5) is 21.1. The van der Waals surface area contributed by atoms with Gasteiger partial charge < -0.3 is 14.5 Å². The summed E-state index contributed by atoms with van der Waals surface area (Å²) in [6.45, 7) is 6.60. The first-order chi connectivity index (χ1) is 12.0. The average Bonchev–Trinajstić information content (AvgIpc) is 2.64. The molecule has 0 saturated carbocycles. The Morgan fingerprint density at radius 1 is 1.20 bits per heavy atom. The molecule has 0 spiro atoms. The highest BCUT2D eigenvalue weighted by Crippen LogP contribution is 2.23. The highest BCUT2D eigenvalue weighted by molar-refractivity contribution is 6.30. The van der Waals surface area contributed by atoms with Crippen molar-refractivity contribution in [2.24, 2.45) is 0 Å². The monoisotopic (exact) mass is 359 g/mol. The van der Waals surface area contributed by atoms with Gasteiger partial charge in [-0.2, -0.15) is 0 Å². The lowest BCUT2D eigenvalue weighted by molar-refractivity contribution is -0.138. The SMILES string of the molecule is Cc1cc(Cl)ccc1O[C@H](C)C(=O)N1CCN(c2ccccn2)CC1. The second-order valence-corrected chi connectivity index (χ2v) is 6.61. The zero-order chi connectivity index (χ0) is 17.8. The van der Waals surface area contributed by atoms with Crippen LogP contribution in [0.15, 0.2) is 42.6 Å². The lowest BCUT2D eigenvalue weighted by atomic mass is 10.2. The number of aromatic nitrogens is 1. The molecule has 1 aliphatic heterocycles. The van der Waals surface area contributed by atoms with Gasteiger partial charge in [0.1, 0.15) is 11.6 Å². The topological polar surface area (TPSA) is 45.7 Å². The molecule has 5 nitrogen and oxygen atoms in total. The highest BCUT2D eigenvalue weighted by atomic mass is 35.5. The van der Waals surface area contributed by atoms with Crippen molar-refractivity contribution < 1.29 is 9.53 Å². The van der Waals surface area contributed by atoms with Crippen LogP contribution in [0.4, 0.5) is 5.82 Å². The van der Waals surface area contributed by atoms with E-state index in [4.69, 9.17) is 16.3 Å². The fourth-order valence-electron chi connectivity index (χ4n) is 2.94. The summed E-state index contributed by atoms with van der Waals surface area (Å²) >= 11 is 5.96. The summed E-state index contributed by atoms with van der Waals surface area (Å²) in [6.07, 6.45) is 1.26. The van der Waals surface area contributed by atoms with Crippen LogP contribution in [0.3, 0.4) is 0 Å². The number of aryl methyl sites for hydroxylation is 1. The molecule has 1 aliphatic rings. The van der Waals surface area contributed by atoms with Gasteiger partial charge in [-0.1, -0.05) is 17.7 Å². The van der Waals surface area contributed by atoms with Crippen LogP contribution in [0.2, 0.25) is 5.02 Å². The molecule has 0 aliphatic carbocycles. The van der Waals surface area contributed by atoms with E-state index in [2.05, 4.69) is 9.88 Å². The van der Waals surface area contributed by atoms with Gasteiger partial charge in [0.15, 0.2) is 6.10 Å². The predicted molar refractivity (Wildman–Crippen MR) is 99.3 cm³/mol. The number of nitrogens with zero attached hydrogens (tertiary/aromatic N) is 3. The van der Waals surface area contributed by atoms with Crippen LogP contribution in [-0.4, -0.2) is 48.1 Å². The zero-order valence-corrected chi connectivity index (χ0v) is 15.2. The van der Waals surface area contributed by atoms with Crippen molar-refractivity contribution in [1.29, 1.82) is 0 Å². The number of amides is 1. The number of ether oxygens (including phenoxy) is 1. The van der Waals surface area contributed by atoms with Gasteiger partial charge in [-0.05, 0) is 49.7 Å². The number of piperazine rings is 1. The maximum Gasteiger partial charge on any atom is 0.263 e. The summed E-state index contributed by atoms with van der Waals surface area (Å²) in [5.41, 5.74) is 0.923. The van der Waals surface area contributed by atoms with Gasteiger partial charge in [0.25, 0.3) is 5.91 Å². The summed E-state index contributed by atoms with van der Waals surface area (Å²) in [6, 6.07) is 11.3. The highest BCUT2D eigenvalue weighted by Gasteiger charge is 2.26. The van der Waals surface area contributed by atoms with Gasteiger partial charge in [-0.25, -0.2) is 4.98 Å². The molecular weight excluding hydrogens is 338 g/mol. The van der Waals surface area contributed by atoms with Gasteiger partial charge in [0, 0.05) is 37.4 Å². The molecule has 1 saturated heterocycles. The van der Waals surface area contributed by atoms with Crippen LogP contribution >= 0.6 is 11.6 Å². The molecule has 25 heavy (non-hydrogen) atoms. The molecule has 0 radical (unpaired) electrons. The smallest absolute Gasteiger partial charge is 0.263 e. The molecule has 0 unspecified atom stereocenters. The third-order valence-electron chi connectivity index (χ3n) is 4.35. The second kappa shape index (κ2) is 7.74. The number of rotatable bonds is 4. The first-order valence-corrected chi connectivity index (χ1v) is 8.80. The Bertz CT molecular complexity index is 731. The van der Waals surface area contributed by atoms with Crippen LogP contribution in [0, 0.1) is 6.92 Å². The molecule has 0 bridgehead atoms. The molecule has 6 heteroatoms. The maximum atomic E-state index is 12.7. The third-order valence-corrected chi connectivity index (χ3v) is 4.59. The maximum absolute atomic E-state index is 12.7. The van der Waals surface area contributed by atoms with E-state index in [1.54, 1.807) is 25.3 Å². The summed E-state index contributed by atoms with van der Waals surface area (Å²) in [5, 5.41) is 0.662. The zero-order valence-electron chi connectivity index (χ0n) is 14.5. The van der Waals surface area contributed by atoms with Crippen molar-refractivity contribution in [2.75, 3.05) is 31.1 Å². The number of benzene rings is 1. The minimum Gasteiger partial charge on any atom is -0.481 e. The average molecular weight is 360 g/mol. The second-order valence-electron chi connectivity index (χ2n) is 6.17. The van der Waals surface area contributed by atoms with Crippen molar-refractivity contribution in [3.05, 3.63) is 53.2 Å². The van der Waals surface area contributed by atoms with E-state index in [1.807, 2.05) is 36.1 Å². The van der Waals surface area contributed by atoms with Crippen molar-refractivity contribution >= 4 is 23.3 Å². The standard InChI is InChI=1S/C19H22ClN3O2/c1-14-13-16(20)6-7-17(14)25-15(2)19(24)23-11-9-22(10-12-23)18-5-3-4-8-21-18/h3-8,13,15H,9-12H2,1-2H3/t15-/m1/s1. The molecule has 1 aromatic heterocycles. The molecule has 1 atom stereocenters. The number of carbonyl (C=O) groups excluding carboxylic acids is 1. The van der Waals surface area contributed by atoms with E-state index < -0.39 is 6.10 Å². The van der Waals surface area contributed by atoms with Crippen molar-refractivity contribution in [3.8, 4) is 5.75 Å². The molecule has 2 heterocycles. The lowest BCUT2D eigenvalue weighted by Gasteiger charge is -2.36. The van der Waals surface area contributed by atoms with E-state index >= 15 is 0 Å². The number of halogens is 1. The van der Waals surface area contributed by atoms with Crippen LogP contribution in [-0.2, 0) is 4.79 Å². The molecule has 2 aromatic rings. The van der Waals surface area contributed by atoms with Crippen LogP contribution in [0.25, 0.3) is 0 Å². The van der Waals surface area contributed by atoms with E-state index in [0.717, 1.165) is 24.5 Å². The first-order valence-electron chi connectivity index (χ1n) is 8.42. The number of anilines is 1. The Morgan fingerprint density at radius 2 is 1.96 bits per heavy atom. The number of carbonyl (C=O) groups is 1. The normalized spacial score (nSPS) is 15.8. The van der Waals surface area contributed by atoms with Gasteiger partial charge in [0.05, 0.1) is 0 Å². The third kappa shape index (κ3) is 4.23. The molecular formula is C19H22ClN3O2. The Hall–Kier alpha value is -2.27. The largest absolute Gasteiger partial charge is 0.481 e. The molecule has 132 valence electrons. The van der Waals surface area contributed by atoms with Gasteiger partial charge >= 0.3 is 0 Å². The Kier molecular flexibility index (Phi) is 5.43. The quantitative estimate of drug-likeness (QED) is 0.841. The summed E-state index contributed by atoms with van der Waals surface area (Å²) < 4.78 is 5.85. The van der Waals surface area contributed by atoms with Gasteiger partial charge in [0.2, 0.25) is 0 Å². The fraction of sp³-hybridized carbons (Fsp3) is 0.368. The Labute approximate surface area is 153 Å². The first kappa shape index (κ1) is 17.5. The molecule has 0 N–H and O–H groups in total. The number of hydrogen-bond acceptors (Lipinski definition) is 4. The van der Waals surface area contributed by atoms with E-state index in [9.17, 15) is 4.79 Å². The lowest BCUT2D eigenvalue weighted by Crippen LogP contribution is -2.52. The van der Waals surface area contributed by atoms with E-state index in [1.165, 1.54) is 0 Å². The van der Waals surface area contributed by atoms with Crippen LogP contribution in [0.5, 0.6) is 5.75 Å². The Balaban J connectivity index is 1.56. The van der Waals surface area contributed by atoms with Crippen molar-refractivity contribution in [1.82, 2.24) is 9.88 Å². The Morgan fingerprint density at radius 3 is 2.60 bits per heavy atom. The van der Waals surface area contributed by atoms with E-state index in [0.29, 0.717) is 23.9 Å². The minimum atomic E-state index is -0.527. The van der Waals surface area contributed by atoms with Gasteiger partial charge in [-0.15, -0.1) is 0 Å². The number of hydrogen-bond donors (Lipinski definition) is 0. The molecule has 1 aromatic carbocycles. The van der Waals surface area contributed by atoms with Crippen LogP contribution in [0.1, 0.15) is 12.5 Å².